The number of hydrogen-bond acceptors (Lipinski definition) is 3. The first-order chi connectivity index (χ1) is 10.1. The lowest BCUT2D eigenvalue weighted by Gasteiger charge is -2.28. The summed E-state index contributed by atoms with van der Waals surface area (Å²) >= 11 is 0. The van der Waals surface area contributed by atoms with Crippen LogP contribution in [0.4, 0.5) is 0 Å². The third kappa shape index (κ3) is 2.54. The van der Waals surface area contributed by atoms with Gasteiger partial charge in [-0.25, -0.2) is 9.78 Å². The van der Waals surface area contributed by atoms with Crippen molar-refractivity contribution in [2.75, 3.05) is 0 Å². The third-order valence-electron chi connectivity index (χ3n) is 4.87. The van der Waals surface area contributed by atoms with E-state index in [1.54, 1.807) is 13.4 Å². The zero-order valence-corrected chi connectivity index (χ0v) is 12.6. The number of nitrogens with zero attached hydrogens (tertiary/aromatic N) is 3. The summed E-state index contributed by atoms with van der Waals surface area (Å²) in [6.45, 7) is 3.10. The molecule has 0 radical (unpaired) electrons. The first kappa shape index (κ1) is 14.1. The Kier molecular flexibility index (Phi) is 3.69. The van der Waals surface area contributed by atoms with Crippen LogP contribution in [0, 0.1) is 11.8 Å². The summed E-state index contributed by atoms with van der Waals surface area (Å²) in [6.07, 6.45) is 7.96. The third-order valence-corrected chi connectivity index (χ3v) is 4.87. The summed E-state index contributed by atoms with van der Waals surface area (Å²) in [4.78, 5) is 30.0. The van der Waals surface area contributed by atoms with Gasteiger partial charge in [0.05, 0.1) is 6.33 Å². The molecule has 1 N–H and O–H groups in total. The second-order valence-electron chi connectivity index (χ2n) is 6.18. The highest BCUT2D eigenvalue weighted by Crippen LogP contribution is 2.31. The van der Waals surface area contributed by atoms with Gasteiger partial charge >= 0.3 is 5.69 Å². The lowest BCUT2D eigenvalue weighted by molar-refractivity contribution is 0.248. The molecule has 6 nitrogen and oxygen atoms in total. The quantitative estimate of drug-likeness (QED) is 0.934. The van der Waals surface area contributed by atoms with Crippen molar-refractivity contribution in [3.05, 3.63) is 27.2 Å². The summed E-state index contributed by atoms with van der Waals surface area (Å²) in [5.41, 5.74) is 0.186. The minimum Gasteiger partial charge on any atom is -0.316 e. The Morgan fingerprint density at radius 2 is 1.90 bits per heavy atom. The van der Waals surface area contributed by atoms with Crippen LogP contribution in [0.25, 0.3) is 11.2 Å². The van der Waals surface area contributed by atoms with Crippen molar-refractivity contribution >= 4 is 11.2 Å². The molecule has 0 bridgehead atoms. The number of fused-ring (bicyclic) bond motifs is 1. The van der Waals surface area contributed by atoms with Gasteiger partial charge in [0.15, 0.2) is 5.52 Å². The number of hydrogen-bond donors (Lipinski definition) is 1. The Morgan fingerprint density at radius 3 is 2.57 bits per heavy atom. The van der Waals surface area contributed by atoms with Gasteiger partial charge in [0.25, 0.3) is 5.56 Å². The number of H-pyrrole nitrogens is 1. The Labute approximate surface area is 122 Å². The van der Waals surface area contributed by atoms with E-state index in [1.807, 2.05) is 4.57 Å². The number of nitrogens with one attached hydrogen (secondary N) is 1. The van der Waals surface area contributed by atoms with Gasteiger partial charge in [0.2, 0.25) is 0 Å². The molecule has 0 unspecified atom stereocenters. The zero-order valence-electron chi connectivity index (χ0n) is 12.6. The van der Waals surface area contributed by atoms with Crippen LogP contribution >= 0.6 is 0 Å². The minimum atomic E-state index is -0.401. The average Bonchev–Trinajstić information content (AvgIpc) is 2.90. The highest BCUT2D eigenvalue weighted by molar-refractivity contribution is 5.69. The fourth-order valence-electron chi connectivity index (χ4n) is 3.46. The van der Waals surface area contributed by atoms with Crippen molar-refractivity contribution in [2.45, 2.75) is 45.6 Å². The maximum Gasteiger partial charge on any atom is 0.329 e. The predicted molar refractivity (Wildman–Crippen MR) is 81.3 cm³/mol. The highest BCUT2D eigenvalue weighted by atomic mass is 16.2. The van der Waals surface area contributed by atoms with E-state index in [4.69, 9.17) is 0 Å². The molecule has 6 heteroatoms. The van der Waals surface area contributed by atoms with Crippen molar-refractivity contribution in [3.8, 4) is 0 Å². The molecule has 0 amide bonds. The van der Waals surface area contributed by atoms with Crippen molar-refractivity contribution in [1.29, 1.82) is 0 Å². The van der Waals surface area contributed by atoms with Crippen molar-refractivity contribution in [3.63, 3.8) is 0 Å². The average molecular weight is 290 g/mol. The van der Waals surface area contributed by atoms with Crippen LogP contribution in [-0.4, -0.2) is 19.1 Å². The predicted octanol–water partition coefficient (Wildman–Crippen LogP) is 1.64. The molecule has 3 rings (SSSR count). The van der Waals surface area contributed by atoms with Gasteiger partial charge in [-0.1, -0.05) is 26.2 Å². The van der Waals surface area contributed by atoms with E-state index in [1.165, 1.54) is 36.7 Å². The maximum atomic E-state index is 11.8. The monoisotopic (exact) mass is 290 g/mol. The van der Waals surface area contributed by atoms with E-state index in [9.17, 15) is 9.59 Å². The van der Waals surface area contributed by atoms with Crippen molar-refractivity contribution in [2.24, 2.45) is 18.9 Å². The van der Waals surface area contributed by atoms with Crippen LogP contribution in [0.15, 0.2) is 15.9 Å². The van der Waals surface area contributed by atoms with E-state index in [-0.39, 0.29) is 5.69 Å². The van der Waals surface area contributed by atoms with Gasteiger partial charge in [-0.15, -0.1) is 0 Å². The molecule has 1 fully saturated rings. The molecule has 2 aromatic heterocycles. The normalized spacial score (nSPS) is 22.8. The van der Waals surface area contributed by atoms with Gasteiger partial charge in [0, 0.05) is 13.6 Å². The lowest BCUT2D eigenvalue weighted by atomic mass is 9.81. The molecule has 21 heavy (non-hydrogen) atoms. The number of imidazole rings is 1. The molecule has 0 saturated heterocycles. The first-order valence-corrected chi connectivity index (χ1v) is 7.74. The largest absolute Gasteiger partial charge is 0.329 e. The smallest absolute Gasteiger partial charge is 0.316 e. The zero-order chi connectivity index (χ0) is 15.0. The summed E-state index contributed by atoms with van der Waals surface area (Å²) in [5.74, 6) is 1.48. The fourth-order valence-corrected chi connectivity index (χ4v) is 3.46. The lowest BCUT2D eigenvalue weighted by Crippen LogP contribution is -2.29. The van der Waals surface area contributed by atoms with Crippen LogP contribution in [-0.2, 0) is 13.6 Å². The van der Waals surface area contributed by atoms with Crippen LogP contribution in [0.1, 0.15) is 39.0 Å². The molecule has 2 heterocycles. The summed E-state index contributed by atoms with van der Waals surface area (Å²) < 4.78 is 3.43. The maximum absolute atomic E-state index is 11.8. The van der Waals surface area contributed by atoms with Crippen LogP contribution in [0.3, 0.4) is 0 Å². The Morgan fingerprint density at radius 1 is 1.24 bits per heavy atom. The van der Waals surface area contributed by atoms with E-state index >= 15 is 0 Å². The molecule has 2 aromatic rings. The Bertz CT molecular complexity index is 747. The molecular weight excluding hydrogens is 268 g/mol. The van der Waals surface area contributed by atoms with Gasteiger partial charge in [-0.3, -0.25) is 14.3 Å². The summed E-state index contributed by atoms with van der Waals surface area (Å²) in [5, 5.41) is 0. The standard InChI is InChI=1S/C15H22N4O2/c1-3-10-4-6-11(7-5-10)8-19-9-16-12-13(20)17-15(21)18(2)14(12)19/h9-11H,3-8H2,1-2H3,(H,17,20,21). The van der Waals surface area contributed by atoms with Gasteiger partial charge in [-0.2, -0.15) is 0 Å². The minimum absolute atomic E-state index is 0.347. The molecule has 114 valence electrons. The Balaban J connectivity index is 1.89. The van der Waals surface area contributed by atoms with Crippen LogP contribution in [0.5, 0.6) is 0 Å². The van der Waals surface area contributed by atoms with E-state index in [0.717, 1.165) is 12.5 Å². The van der Waals surface area contributed by atoms with Crippen LogP contribution < -0.4 is 11.2 Å². The van der Waals surface area contributed by atoms with Gasteiger partial charge in [-0.05, 0) is 24.7 Å². The summed E-state index contributed by atoms with van der Waals surface area (Å²) in [7, 11) is 1.67. The van der Waals surface area contributed by atoms with Crippen LogP contribution in [0.2, 0.25) is 0 Å². The number of aromatic amines is 1. The number of aryl methyl sites for hydroxylation is 1. The molecular formula is C15H22N4O2. The van der Waals surface area contributed by atoms with Crippen molar-refractivity contribution < 1.29 is 0 Å². The van der Waals surface area contributed by atoms with E-state index < -0.39 is 5.56 Å². The fraction of sp³-hybridized carbons (Fsp3) is 0.667. The molecule has 1 saturated carbocycles. The van der Waals surface area contributed by atoms with Gasteiger partial charge in [0.1, 0.15) is 5.65 Å². The molecule has 1 aliphatic carbocycles. The highest BCUT2D eigenvalue weighted by Gasteiger charge is 2.21. The number of aromatic nitrogens is 4. The SMILES string of the molecule is CCC1CCC(Cn2cnc3c(=O)[nH]c(=O)n(C)c32)CC1. The van der Waals surface area contributed by atoms with E-state index in [0.29, 0.717) is 17.1 Å². The van der Waals surface area contributed by atoms with Crippen molar-refractivity contribution in [1.82, 2.24) is 19.1 Å². The second-order valence-corrected chi connectivity index (χ2v) is 6.18. The molecule has 0 aliphatic heterocycles. The molecule has 0 atom stereocenters. The molecule has 0 spiro atoms. The molecule has 0 aromatic carbocycles. The first-order valence-electron chi connectivity index (χ1n) is 7.74. The van der Waals surface area contributed by atoms with E-state index in [2.05, 4.69) is 16.9 Å². The van der Waals surface area contributed by atoms with Gasteiger partial charge < -0.3 is 4.57 Å². The summed E-state index contributed by atoms with van der Waals surface area (Å²) in [6, 6.07) is 0. The molecule has 1 aliphatic rings. The Hall–Kier alpha value is -1.85. The number of rotatable bonds is 3. The topological polar surface area (TPSA) is 72.7 Å². The second kappa shape index (κ2) is 5.50.